The molecule has 0 aliphatic heterocycles. The average Bonchev–Trinajstić information content (AvgIpc) is 3.45. The van der Waals surface area contributed by atoms with Crippen LogP contribution >= 0.6 is 0 Å². The van der Waals surface area contributed by atoms with Crippen LogP contribution in [0.4, 0.5) is 5.69 Å². The van der Waals surface area contributed by atoms with Crippen LogP contribution < -0.4 is 10.6 Å². The fraction of sp³-hybridized carbons (Fsp3) is 0.226. The van der Waals surface area contributed by atoms with Gasteiger partial charge in [-0.1, -0.05) is 73.5 Å². The average molecular weight is 508 g/mol. The topological polar surface area (TPSA) is 108 Å². The van der Waals surface area contributed by atoms with Crippen LogP contribution in [0.25, 0.3) is 10.9 Å². The molecule has 1 heterocycles. The molecule has 1 unspecified atom stereocenters. The number of nitrogens with one attached hydrogen (secondary N) is 2. The molecule has 3 aromatic carbocycles. The summed E-state index contributed by atoms with van der Waals surface area (Å²) in [5.74, 6) is -1.57. The number of carbonyl (C=O) groups excluding carboxylic acids is 2. The number of rotatable bonds is 8. The number of pyridine rings is 1. The normalized spacial score (nSPS) is 15.1. The molecule has 0 radical (unpaired) electrons. The minimum atomic E-state index is -1.08. The third-order valence-corrected chi connectivity index (χ3v) is 7.37. The molecule has 1 saturated carbocycles. The standard InChI is InChI=1S/C31H29N3O4/c35-28(25-16-19-32-26-11-5-4-10-24(25)26)33-23-14-12-21(13-15-23)20-27(29(36)37)34-30(38)31(17-6-7-18-31)22-8-2-1-3-9-22/h1-5,8-16,19,27H,6-7,17-18,20H2,(H,33,35)(H,34,38)(H,36,37). The number of nitrogens with zero attached hydrogens (tertiary/aromatic N) is 1. The first-order valence-corrected chi connectivity index (χ1v) is 12.8. The lowest BCUT2D eigenvalue weighted by Crippen LogP contribution is -2.50. The summed E-state index contributed by atoms with van der Waals surface area (Å²) in [7, 11) is 0. The Balaban J connectivity index is 1.27. The highest BCUT2D eigenvalue weighted by Gasteiger charge is 2.43. The van der Waals surface area contributed by atoms with Crippen molar-refractivity contribution in [3.8, 4) is 0 Å². The molecule has 0 bridgehead atoms. The molecule has 1 atom stereocenters. The van der Waals surface area contributed by atoms with Crippen LogP contribution in [0.2, 0.25) is 0 Å². The van der Waals surface area contributed by atoms with Crippen LogP contribution in [0.15, 0.2) is 91.1 Å². The first kappa shape index (κ1) is 25.1. The van der Waals surface area contributed by atoms with Crippen molar-refractivity contribution in [2.75, 3.05) is 5.32 Å². The van der Waals surface area contributed by atoms with Gasteiger partial charge in [-0.05, 0) is 48.2 Å². The van der Waals surface area contributed by atoms with Crippen molar-refractivity contribution < 1.29 is 19.5 Å². The summed E-state index contributed by atoms with van der Waals surface area (Å²) in [6, 6.07) is 24.7. The van der Waals surface area contributed by atoms with Gasteiger partial charge in [0, 0.05) is 23.7 Å². The van der Waals surface area contributed by atoms with Crippen LogP contribution in [-0.4, -0.2) is 33.9 Å². The van der Waals surface area contributed by atoms with E-state index in [9.17, 15) is 19.5 Å². The number of fused-ring (bicyclic) bond motifs is 1. The maximum Gasteiger partial charge on any atom is 0.326 e. The Morgan fingerprint density at radius 2 is 1.55 bits per heavy atom. The van der Waals surface area contributed by atoms with Crippen molar-refractivity contribution in [1.29, 1.82) is 0 Å². The highest BCUT2D eigenvalue weighted by atomic mass is 16.4. The lowest BCUT2D eigenvalue weighted by atomic mass is 9.77. The van der Waals surface area contributed by atoms with Gasteiger partial charge in [-0.3, -0.25) is 14.6 Å². The third kappa shape index (κ3) is 5.13. The zero-order chi connectivity index (χ0) is 26.5. The largest absolute Gasteiger partial charge is 0.480 e. The predicted octanol–water partition coefficient (Wildman–Crippen LogP) is 5.11. The van der Waals surface area contributed by atoms with Crippen molar-refractivity contribution >= 4 is 34.4 Å². The van der Waals surface area contributed by atoms with E-state index in [2.05, 4.69) is 15.6 Å². The van der Waals surface area contributed by atoms with Gasteiger partial charge in [0.05, 0.1) is 16.5 Å². The van der Waals surface area contributed by atoms with Gasteiger partial charge in [-0.2, -0.15) is 0 Å². The summed E-state index contributed by atoms with van der Waals surface area (Å²) in [4.78, 5) is 42.7. The number of anilines is 1. The molecule has 4 aromatic rings. The van der Waals surface area contributed by atoms with Crippen molar-refractivity contribution in [2.45, 2.75) is 43.6 Å². The van der Waals surface area contributed by atoms with Crippen LogP contribution in [0, 0.1) is 0 Å². The van der Waals surface area contributed by atoms with Crippen molar-refractivity contribution in [2.24, 2.45) is 0 Å². The molecule has 0 spiro atoms. The van der Waals surface area contributed by atoms with Gasteiger partial charge in [0.15, 0.2) is 0 Å². The molecular weight excluding hydrogens is 478 g/mol. The number of aliphatic carboxylic acids is 1. The van der Waals surface area contributed by atoms with Gasteiger partial charge in [0.25, 0.3) is 5.91 Å². The molecule has 1 aliphatic carbocycles. The van der Waals surface area contributed by atoms with Crippen molar-refractivity contribution in [1.82, 2.24) is 10.3 Å². The number of hydrogen-bond acceptors (Lipinski definition) is 4. The van der Waals surface area contributed by atoms with Crippen LogP contribution in [-0.2, 0) is 21.4 Å². The molecule has 7 nitrogen and oxygen atoms in total. The van der Waals surface area contributed by atoms with Gasteiger partial charge >= 0.3 is 5.97 Å². The number of carboxylic acids is 1. The second-order valence-electron chi connectivity index (χ2n) is 9.75. The number of hydrogen-bond donors (Lipinski definition) is 3. The summed E-state index contributed by atoms with van der Waals surface area (Å²) in [5.41, 5.74) is 2.83. The van der Waals surface area contributed by atoms with Crippen molar-refractivity contribution in [3.63, 3.8) is 0 Å². The van der Waals surface area contributed by atoms with E-state index in [-0.39, 0.29) is 18.2 Å². The Labute approximate surface area is 220 Å². The minimum absolute atomic E-state index is 0.134. The maximum atomic E-state index is 13.4. The van der Waals surface area contributed by atoms with E-state index in [1.165, 1.54) is 0 Å². The van der Waals surface area contributed by atoms with E-state index in [0.717, 1.165) is 34.9 Å². The Morgan fingerprint density at radius 3 is 2.26 bits per heavy atom. The quantitative estimate of drug-likeness (QED) is 0.307. The number of aromatic nitrogens is 1. The highest BCUT2D eigenvalue weighted by Crippen LogP contribution is 2.41. The Bertz CT molecular complexity index is 1460. The summed E-state index contributed by atoms with van der Waals surface area (Å²) < 4.78 is 0. The SMILES string of the molecule is O=C(Nc1ccc(CC(NC(=O)C2(c3ccccc3)CCCC2)C(=O)O)cc1)c1ccnc2ccccc12. The summed E-state index contributed by atoms with van der Waals surface area (Å²) >= 11 is 0. The van der Waals surface area contributed by atoms with E-state index in [4.69, 9.17) is 0 Å². The van der Waals surface area contributed by atoms with Gasteiger partial charge in [-0.25, -0.2) is 4.79 Å². The van der Waals surface area contributed by atoms with E-state index in [1.54, 1.807) is 36.5 Å². The molecular formula is C31H29N3O4. The second-order valence-corrected chi connectivity index (χ2v) is 9.75. The van der Waals surface area contributed by atoms with E-state index >= 15 is 0 Å². The predicted molar refractivity (Wildman–Crippen MR) is 146 cm³/mol. The number of carboxylic acid groups (broad SMARTS) is 1. The monoisotopic (exact) mass is 507 g/mol. The number of benzene rings is 3. The number of para-hydroxylation sites is 1. The minimum Gasteiger partial charge on any atom is -0.480 e. The smallest absolute Gasteiger partial charge is 0.326 e. The summed E-state index contributed by atoms with van der Waals surface area (Å²) in [6.07, 6.45) is 5.01. The molecule has 2 amide bonds. The van der Waals surface area contributed by atoms with Crippen LogP contribution in [0.5, 0.6) is 0 Å². The molecule has 1 aliphatic rings. The van der Waals surface area contributed by atoms with E-state index in [1.807, 2.05) is 54.6 Å². The lowest BCUT2D eigenvalue weighted by molar-refractivity contribution is -0.142. The molecule has 7 heteroatoms. The van der Waals surface area contributed by atoms with Gasteiger partial charge in [-0.15, -0.1) is 0 Å². The first-order valence-electron chi connectivity index (χ1n) is 12.8. The fourth-order valence-electron chi connectivity index (χ4n) is 5.33. The Kier molecular flexibility index (Phi) is 7.18. The van der Waals surface area contributed by atoms with E-state index in [0.29, 0.717) is 24.1 Å². The molecule has 1 fully saturated rings. The summed E-state index contributed by atoms with van der Waals surface area (Å²) in [6.45, 7) is 0. The Morgan fingerprint density at radius 1 is 0.868 bits per heavy atom. The Hall–Kier alpha value is -4.52. The molecule has 0 saturated heterocycles. The zero-order valence-electron chi connectivity index (χ0n) is 20.9. The highest BCUT2D eigenvalue weighted by molar-refractivity contribution is 6.12. The first-order chi connectivity index (χ1) is 18.5. The zero-order valence-corrected chi connectivity index (χ0v) is 20.9. The van der Waals surface area contributed by atoms with Crippen LogP contribution in [0.1, 0.15) is 47.2 Å². The molecule has 1 aromatic heterocycles. The second kappa shape index (κ2) is 10.8. The summed E-state index contributed by atoms with van der Waals surface area (Å²) in [5, 5.41) is 16.4. The van der Waals surface area contributed by atoms with Gasteiger partial charge in [0.2, 0.25) is 5.91 Å². The number of carbonyl (C=O) groups is 3. The lowest BCUT2D eigenvalue weighted by Gasteiger charge is -2.30. The van der Waals surface area contributed by atoms with E-state index < -0.39 is 17.4 Å². The number of amides is 2. The van der Waals surface area contributed by atoms with Crippen molar-refractivity contribution in [3.05, 3.63) is 108 Å². The fourth-order valence-corrected chi connectivity index (χ4v) is 5.33. The van der Waals surface area contributed by atoms with Gasteiger partial charge < -0.3 is 15.7 Å². The maximum absolute atomic E-state index is 13.4. The van der Waals surface area contributed by atoms with Gasteiger partial charge in [0.1, 0.15) is 6.04 Å². The van der Waals surface area contributed by atoms with Crippen LogP contribution in [0.3, 0.4) is 0 Å². The molecule has 5 rings (SSSR count). The molecule has 192 valence electrons. The third-order valence-electron chi connectivity index (χ3n) is 7.37. The molecule has 3 N–H and O–H groups in total. The molecule has 38 heavy (non-hydrogen) atoms.